The van der Waals surface area contributed by atoms with Gasteiger partial charge in [-0.25, -0.2) is 0 Å². The zero-order chi connectivity index (χ0) is 16.4. The first-order valence-corrected chi connectivity index (χ1v) is 6.47. The molecule has 1 aromatic carbocycles. The largest absolute Gasteiger partial charge is 1.00 e. The minimum atomic E-state index is -0.714. The number of imide groups is 1. The fourth-order valence-electron chi connectivity index (χ4n) is 1.94. The normalized spacial score (nSPS) is 13.9. The van der Waals surface area contributed by atoms with E-state index in [0.29, 0.717) is 17.1 Å². The van der Waals surface area contributed by atoms with Crippen molar-refractivity contribution in [3.05, 3.63) is 57.6 Å². The number of nitrogens with zero attached hydrogens (tertiary/aromatic N) is 4. The van der Waals surface area contributed by atoms with Gasteiger partial charge in [0.05, 0.1) is 11.1 Å². The van der Waals surface area contributed by atoms with Gasteiger partial charge in [0.2, 0.25) is 0 Å². The minimum Gasteiger partial charge on any atom is -0.455 e. The second-order valence-electron chi connectivity index (χ2n) is 4.60. The number of urea groups is 1. The summed E-state index contributed by atoms with van der Waals surface area (Å²) in [4.78, 5) is 32.4. The number of amides is 3. The Morgan fingerprint density at radius 3 is 2.50 bits per heavy atom. The maximum absolute atomic E-state index is 11.3. The zero-order valence-corrected chi connectivity index (χ0v) is 14.6. The average Bonchev–Trinajstić information content (AvgIpc) is 3.11. The van der Waals surface area contributed by atoms with Gasteiger partial charge in [0.25, 0.3) is 5.69 Å². The molecular weight excluding hydrogens is 327 g/mol. The fourth-order valence-corrected chi connectivity index (χ4v) is 1.94. The third kappa shape index (κ3) is 3.88. The van der Waals surface area contributed by atoms with Gasteiger partial charge < -0.3 is 14.7 Å². The second-order valence-corrected chi connectivity index (χ2v) is 4.60. The van der Waals surface area contributed by atoms with Gasteiger partial charge in [-0.1, -0.05) is 0 Å². The van der Waals surface area contributed by atoms with Gasteiger partial charge in [-0.15, -0.1) is 0 Å². The van der Waals surface area contributed by atoms with Crippen LogP contribution in [0, 0.1) is 10.1 Å². The van der Waals surface area contributed by atoms with E-state index in [4.69, 9.17) is 4.42 Å². The Balaban J connectivity index is 0.00000208. The first kappa shape index (κ1) is 17.9. The molecule has 3 amide bonds. The van der Waals surface area contributed by atoms with Crippen molar-refractivity contribution < 1.29 is 48.5 Å². The Bertz CT molecular complexity index is 815. The summed E-state index contributed by atoms with van der Waals surface area (Å²) in [5, 5.41) is 18.6. The number of furan rings is 1. The van der Waals surface area contributed by atoms with E-state index in [1.165, 1.54) is 18.3 Å². The molecule has 2 heterocycles. The maximum atomic E-state index is 11.3. The maximum Gasteiger partial charge on any atom is 1.00 e. The van der Waals surface area contributed by atoms with Crippen LogP contribution in [-0.4, -0.2) is 34.6 Å². The Morgan fingerprint density at radius 1 is 1.21 bits per heavy atom. The molecule has 1 aliphatic rings. The van der Waals surface area contributed by atoms with Crippen LogP contribution in [0.5, 0.6) is 0 Å². The molecule has 0 bridgehead atoms. The Labute approximate surface area is 157 Å². The summed E-state index contributed by atoms with van der Waals surface area (Å²) in [6, 6.07) is 8.47. The van der Waals surface area contributed by atoms with Crippen LogP contribution in [0.15, 0.2) is 45.9 Å². The van der Waals surface area contributed by atoms with Crippen LogP contribution < -0.4 is 29.6 Å². The Kier molecular flexibility index (Phi) is 5.50. The molecule has 0 atom stereocenters. The number of hydrogen-bond donors (Lipinski definition) is 0. The molecule has 116 valence electrons. The van der Waals surface area contributed by atoms with E-state index in [0.717, 1.165) is 5.01 Å². The van der Waals surface area contributed by atoms with Crippen molar-refractivity contribution in [2.45, 2.75) is 0 Å². The van der Waals surface area contributed by atoms with Crippen molar-refractivity contribution in [1.82, 2.24) is 5.01 Å². The van der Waals surface area contributed by atoms with E-state index in [1.54, 1.807) is 24.3 Å². The molecule has 0 unspecified atom stereocenters. The topological polar surface area (TPSA) is 120 Å². The molecule has 1 aromatic heterocycles. The summed E-state index contributed by atoms with van der Waals surface area (Å²) in [6.45, 7) is -0.189. The third-order valence-electron chi connectivity index (χ3n) is 3.04. The molecule has 0 spiro atoms. The summed E-state index contributed by atoms with van der Waals surface area (Å²) < 4.78 is 5.52. The van der Waals surface area contributed by atoms with Gasteiger partial charge in [0, 0.05) is 24.2 Å². The Morgan fingerprint density at radius 2 is 1.92 bits per heavy atom. The third-order valence-corrected chi connectivity index (χ3v) is 3.04. The number of rotatable bonds is 4. The molecule has 3 rings (SSSR count). The monoisotopic (exact) mass is 336 g/mol. The number of hydrazone groups is 1. The van der Waals surface area contributed by atoms with Crippen LogP contribution >= 0.6 is 0 Å². The van der Waals surface area contributed by atoms with Crippen molar-refractivity contribution in [3.63, 3.8) is 0 Å². The van der Waals surface area contributed by atoms with Crippen LogP contribution in [0.25, 0.3) is 16.6 Å². The quantitative estimate of drug-likeness (QED) is 0.246. The average molecular weight is 336 g/mol. The summed E-state index contributed by atoms with van der Waals surface area (Å²) in [5.41, 5.74) is 0.653. The second kappa shape index (κ2) is 7.39. The van der Waals surface area contributed by atoms with Crippen molar-refractivity contribution in [2.24, 2.45) is 5.10 Å². The SMILES string of the molecule is O=C1CN(N=Cc2ccc(-c3ccc([N+](=O)[O-])cc3)o2)C(=O)[N-]1.[Na+]. The van der Waals surface area contributed by atoms with E-state index in [2.05, 4.69) is 10.4 Å². The molecule has 2 aromatic rings. The smallest absolute Gasteiger partial charge is 0.455 e. The van der Waals surface area contributed by atoms with E-state index < -0.39 is 16.9 Å². The molecule has 0 aliphatic carbocycles. The van der Waals surface area contributed by atoms with Crippen LogP contribution in [0.4, 0.5) is 10.5 Å². The minimum absolute atomic E-state index is 0. The van der Waals surface area contributed by atoms with Crippen LogP contribution in [0.1, 0.15) is 5.76 Å². The van der Waals surface area contributed by atoms with Crippen molar-refractivity contribution in [2.75, 3.05) is 6.54 Å². The van der Waals surface area contributed by atoms with E-state index >= 15 is 0 Å². The first-order chi connectivity index (χ1) is 11.0. The van der Waals surface area contributed by atoms with Crippen molar-refractivity contribution in [3.8, 4) is 11.3 Å². The standard InChI is InChI=1S/C14H10N4O5.Na/c19-13-8-17(14(20)16-13)15-7-11-5-6-12(23-11)9-1-3-10(4-2-9)18(21)22;/h1-7H,8H2,(H,16,19,20);/q;+1/p-1. The number of carbonyl (C=O) groups is 2. The van der Waals surface area contributed by atoms with Crippen LogP contribution in [-0.2, 0) is 4.79 Å². The van der Waals surface area contributed by atoms with Gasteiger partial charge in [0.1, 0.15) is 11.5 Å². The summed E-state index contributed by atoms with van der Waals surface area (Å²) in [6.07, 6.45) is 1.29. The molecular formula is C14H9N4NaO5. The molecule has 24 heavy (non-hydrogen) atoms. The summed E-state index contributed by atoms with van der Waals surface area (Å²) in [5.74, 6) is 0.318. The predicted molar refractivity (Wildman–Crippen MR) is 78.9 cm³/mol. The van der Waals surface area contributed by atoms with Crippen LogP contribution in [0.2, 0.25) is 0 Å². The van der Waals surface area contributed by atoms with Gasteiger partial charge in [-0.2, -0.15) is 0 Å². The van der Waals surface area contributed by atoms with Gasteiger partial charge in [0.15, 0.2) is 11.9 Å². The number of benzene rings is 1. The number of hydrogen-bond acceptors (Lipinski definition) is 6. The summed E-state index contributed by atoms with van der Waals surface area (Å²) >= 11 is 0. The van der Waals surface area contributed by atoms with Crippen molar-refractivity contribution >= 4 is 23.8 Å². The fraction of sp³-hybridized carbons (Fsp3) is 0.0714. The van der Waals surface area contributed by atoms with Crippen LogP contribution in [0.3, 0.4) is 0 Å². The molecule has 1 aliphatic heterocycles. The molecule has 0 saturated carbocycles. The molecule has 0 radical (unpaired) electrons. The molecule has 10 heteroatoms. The first-order valence-electron chi connectivity index (χ1n) is 6.47. The number of carbonyl (C=O) groups excluding carboxylic acids is 2. The number of nitro benzene ring substituents is 1. The van der Waals surface area contributed by atoms with E-state index in [9.17, 15) is 19.7 Å². The molecule has 1 saturated heterocycles. The Hall–Kier alpha value is -2.49. The summed E-state index contributed by atoms with van der Waals surface area (Å²) in [7, 11) is 0. The zero-order valence-electron chi connectivity index (χ0n) is 12.6. The van der Waals surface area contributed by atoms with Crippen molar-refractivity contribution in [1.29, 1.82) is 0 Å². The van der Waals surface area contributed by atoms with Gasteiger partial charge in [-0.05, 0) is 24.3 Å². The molecule has 0 N–H and O–H groups in total. The number of non-ortho nitro benzene ring substituents is 1. The molecule has 9 nitrogen and oxygen atoms in total. The number of nitro groups is 1. The molecule has 1 fully saturated rings. The van der Waals surface area contributed by atoms with Gasteiger partial charge in [-0.3, -0.25) is 24.8 Å². The van der Waals surface area contributed by atoms with Gasteiger partial charge >= 0.3 is 29.6 Å². The predicted octanol–water partition coefficient (Wildman–Crippen LogP) is -0.471. The van der Waals surface area contributed by atoms with E-state index in [1.807, 2.05) is 0 Å². The van der Waals surface area contributed by atoms with E-state index in [-0.39, 0.29) is 41.8 Å².